The second-order valence-corrected chi connectivity index (χ2v) is 15.9. The van der Waals surface area contributed by atoms with Gasteiger partial charge >= 0.3 is 0 Å². The molecule has 4 aliphatic rings. The molecule has 1 atom stereocenters. The Morgan fingerprint density at radius 2 is 1.67 bits per heavy atom. The number of hydrogen-bond acceptors (Lipinski definition) is 8. The van der Waals surface area contributed by atoms with Crippen LogP contribution in [0.4, 0.5) is 5.69 Å². The molecule has 4 aromatic rings. The fraction of sp³-hybridized carbons (Fsp3) is 0.500. The van der Waals surface area contributed by atoms with Gasteiger partial charge in [-0.1, -0.05) is 12.1 Å². The minimum absolute atomic E-state index is 0.138. The first kappa shape index (κ1) is 36.0. The van der Waals surface area contributed by atoms with Crippen LogP contribution in [0.1, 0.15) is 112 Å². The second-order valence-electron chi connectivity index (χ2n) is 15.9. The van der Waals surface area contributed by atoms with Gasteiger partial charge in [-0.25, -0.2) is 0 Å². The monoisotopic (exact) mass is 734 g/mol. The Morgan fingerprint density at radius 1 is 0.926 bits per heavy atom. The highest BCUT2D eigenvalue weighted by Crippen LogP contribution is 2.37. The van der Waals surface area contributed by atoms with E-state index < -0.39 is 6.10 Å². The molecule has 54 heavy (non-hydrogen) atoms. The summed E-state index contributed by atoms with van der Waals surface area (Å²) in [5.41, 5.74) is 2.58. The van der Waals surface area contributed by atoms with Crippen molar-refractivity contribution >= 4 is 34.3 Å². The van der Waals surface area contributed by atoms with Crippen LogP contribution in [0.2, 0.25) is 0 Å². The van der Waals surface area contributed by atoms with E-state index >= 15 is 0 Å². The van der Waals surface area contributed by atoms with Gasteiger partial charge < -0.3 is 24.3 Å². The van der Waals surface area contributed by atoms with Crippen molar-refractivity contribution in [2.75, 3.05) is 25.0 Å². The lowest BCUT2D eigenvalue weighted by molar-refractivity contribution is -0.138. The van der Waals surface area contributed by atoms with Crippen LogP contribution in [0.5, 0.6) is 11.5 Å². The van der Waals surface area contributed by atoms with E-state index in [1.807, 2.05) is 38.1 Å². The number of aromatic nitrogens is 3. The van der Waals surface area contributed by atoms with Gasteiger partial charge in [0.15, 0.2) is 6.10 Å². The normalized spacial score (nSPS) is 22.7. The molecule has 2 aromatic carbocycles. The van der Waals surface area contributed by atoms with Gasteiger partial charge in [0.25, 0.3) is 17.4 Å². The van der Waals surface area contributed by atoms with Crippen LogP contribution in [0.3, 0.4) is 0 Å². The van der Waals surface area contributed by atoms with Crippen molar-refractivity contribution in [2.45, 2.75) is 108 Å². The van der Waals surface area contributed by atoms with E-state index in [-0.39, 0.29) is 41.1 Å². The number of pyridine rings is 1. The van der Waals surface area contributed by atoms with Crippen LogP contribution < -0.4 is 25.7 Å². The molecular formula is C42H50N6O6. The fourth-order valence-electron chi connectivity index (χ4n) is 8.40. The van der Waals surface area contributed by atoms with E-state index in [9.17, 15) is 19.2 Å². The molecular weight excluding hydrogens is 684 g/mol. The minimum atomic E-state index is -0.618. The number of hydrogen-bond donors (Lipinski definition) is 2. The van der Waals surface area contributed by atoms with Crippen LogP contribution in [0, 0.1) is 5.92 Å². The van der Waals surface area contributed by atoms with Crippen molar-refractivity contribution in [3.63, 3.8) is 0 Å². The zero-order valence-corrected chi connectivity index (χ0v) is 31.2. The minimum Gasteiger partial charge on any atom is -0.490 e. The maximum Gasteiger partial charge on any atom is 0.274 e. The maximum atomic E-state index is 13.6. The van der Waals surface area contributed by atoms with Crippen LogP contribution in [-0.4, -0.2) is 68.8 Å². The maximum absolute atomic E-state index is 13.6. The molecule has 12 nitrogen and oxygen atoms in total. The van der Waals surface area contributed by atoms with Gasteiger partial charge in [0.05, 0.1) is 23.2 Å². The van der Waals surface area contributed by atoms with Crippen molar-refractivity contribution in [1.82, 2.24) is 24.6 Å². The van der Waals surface area contributed by atoms with Crippen LogP contribution in [0.25, 0.3) is 10.9 Å². The third kappa shape index (κ3) is 8.08. The summed E-state index contributed by atoms with van der Waals surface area (Å²) in [6.07, 6.45) is 12.4. The summed E-state index contributed by atoms with van der Waals surface area (Å²) in [6.45, 7) is 7.16. The van der Waals surface area contributed by atoms with E-state index in [2.05, 4.69) is 38.5 Å². The Labute approximate surface area is 315 Å². The molecule has 0 spiro atoms. The lowest BCUT2D eigenvalue weighted by Gasteiger charge is -2.36. The van der Waals surface area contributed by atoms with Crippen molar-refractivity contribution in [2.24, 2.45) is 5.92 Å². The largest absolute Gasteiger partial charge is 0.490 e. The lowest BCUT2D eigenvalue weighted by atomic mass is 9.84. The number of fused-ring (bicyclic) bond motifs is 1. The molecule has 12 heteroatoms. The number of rotatable bonds is 11. The molecule has 0 bridgehead atoms. The molecule has 8 rings (SSSR count). The highest BCUT2D eigenvalue weighted by atomic mass is 16.5. The number of benzene rings is 2. The van der Waals surface area contributed by atoms with Gasteiger partial charge in [0.2, 0.25) is 5.91 Å². The molecule has 2 saturated carbocycles. The van der Waals surface area contributed by atoms with Crippen molar-refractivity contribution in [3.05, 3.63) is 82.4 Å². The molecule has 2 N–H and O–H groups in total. The number of likely N-dealkylation sites (tertiary alicyclic amines) is 1. The van der Waals surface area contributed by atoms with E-state index in [0.29, 0.717) is 47.8 Å². The molecule has 2 aliphatic heterocycles. The molecule has 3 amide bonds. The zero-order valence-electron chi connectivity index (χ0n) is 31.2. The van der Waals surface area contributed by atoms with Crippen LogP contribution >= 0.6 is 0 Å². The molecule has 0 unspecified atom stereocenters. The number of nitrogens with one attached hydrogen (secondary N) is 2. The number of imide groups is 1. The van der Waals surface area contributed by atoms with E-state index in [4.69, 9.17) is 14.6 Å². The average Bonchev–Trinajstić information content (AvgIpc) is 3.92. The Balaban J connectivity index is 0.842. The zero-order chi connectivity index (χ0) is 37.3. The second kappa shape index (κ2) is 15.4. The Kier molecular flexibility index (Phi) is 10.3. The summed E-state index contributed by atoms with van der Waals surface area (Å²) in [4.78, 5) is 52.7. The summed E-state index contributed by atoms with van der Waals surface area (Å²) in [5.74, 6) is 1.32. The first-order chi connectivity index (χ1) is 26.2. The predicted molar refractivity (Wildman–Crippen MR) is 205 cm³/mol. The third-order valence-electron chi connectivity index (χ3n) is 11.5. The summed E-state index contributed by atoms with van der Waals surface area (Å²) in [6, 6.07) is 15.8. The summed E-state index contributed by atoms with van der Waals surface area (Å²) < 4.78 is 15.8. The molecule has 0 radical (unpaired) electrons. The molecule has 4 heterocycles. The van der Waals surface area contributed by atoms with Gasteiger partial charge in [0, 0.05) is 49.3 Å². The quantitative estimate of drug-likeness (QED) is 0.170. The van der Waals surface area contributed by atoms with E-state index in [0.717, 1.165) is 81.9 Å². The highest BCUT2D eigenvalue weighted by molar-refractivity contribution is 6.08. The van der Waals surface area contributed by atoms with Gasteiger partial charge in [-0.15, -0.1) is 0 Å². The lowest BCUT2D eigenvalue weighted by Crippen LogP contribution is -2.46. The van der Waals surface area contributed by atoms with Crippen LogP contribution in [-0.2, 0) is 9.59 Å². The summed E-state index contributed by atoms with van der Waals surface area (Å²) in [7, 11) is 0. The molecule has 4 fully saturated rings. The Morgan fingerprint density at radius 3 is 2.37 bits per heavy atom. The average molecular weight is 735 g/mol. The first-order valence-electron chi connectivity index (χ1n) is 19.7. The molecule has 284 valence electrons. The highest BCUT2D eigenvalue weighted by Gasteiger charge is 2.30. The Bertz CT molecular complexity index is 2070. The number of carbonyl (C=O) groups is 3. The summed E-state index contributed by atoms with van der Waals surface area (Å²) >= 11 is 0. The SMILES string of the molecule is CC(C)Oc1cc2nn(C3CCC(CN4CCC(c5ccc(O[C@H]6CCC(=O)NC6=O)cc5)CC4)CC3)cc2cc1C(=O)Nc1cccn(C2CC2)c1=O. The molecule has 2 aliphatic carbocycles. The van der Waals surface area contributed by atoms with Gasteiger partial charge in [0.1, 0.15) is 17.2 Å². The fourth-order valence-corrected chi connectivity index (χ4v) is 8.40. The molecule has 2 aromatic heterocycles. The number of amides is 3. The standard InChI is InChI=1S/C42H50N6O6/c1-26(2)53-38-23-36-30(22-34(38)40(50)43-35-4-3-19-47(42(35)52)31-11-12-31)25-48(45-36)32-9-5-27(6-10-32)24-46-20-17-29(18-21-46)28-7-13-33(14-8-28)54-37-15-16-39(49)44-41(37)51/h3-4,7-8,13-14,19,22-23,25-27,29,31-32,37H,5-6,9-12,15-18,20-21,24H2,1-2H3,(H,43,50)(H,44,49,51)/t27?,32?,37-/m0/s1. The van der Waals surface area contributed by atoms with Gasteiger partial charge in [-0.05, 0) is 126 Å². The van der Waals surface area contributed by atoms with Crippen molar-refractivity contribution in [3.8, 4) is 11.5 Å². The molecule has 2 saturated heterocycles. The number of piperidine rings is 2. The Hall–Kier alpha value is -4.97. The third-order valence-corrected chi connectivity index (χ3v) is 11.5. The van der Waals surface area contributed by atoms with Crippen LogP contribution in [0.15, 0.2) is 65.7 Å². The van der Waals surface area contributed by atoms with Crippen molar-refractivity contribution < 1.29 is 23.9 Å². The number of ether oxygens (including phenoxy) is 2. The van der Waals surface area contributed by atoms with Gasteiger partial charge in [-0.3, -0.25) is 29.2 Å². The first-order valence-corrected chi connectivity index (χ1v) is 19.7. The topological polar surface area (TPSA) is 137 Å². The van der Waals surface area contributed by atoms with E-state index in [1.54, 1.807) is 22.9 Å². The van der Waals surface area contributed by atoms with E-state index in [1.165, 1.54) is 5.56 Å². The number of nitrogens with zero attached hydrogens (tertiary/aromatic N) is 4. The summed E-state index contributed by atoms with van der Waals surface area (Å²) in [5, 5.41) is 11.0. The van der Waals surface area contributed by atoms with Crippen molar-refractivity contribution in [1.29, 1.82) is 0 Å². The van der Waals surface area contributed by atoms with Gasteiger partial charge in [-0.2, -0.15) is 5.10 Å². The predicted octanol–water partition coefficient (Wildman–Crippen LogP) is 6.37. The number of carbonyl (C=O) groups excluding carboxylic acids is 3. The smallest absolute Gasteiger partial charge is 0.274 e. The number of anilines is 1.